The summed E-state index contributed by atoms with van der Waals surface area (Å²) in [5.41, 5.74) is 2.06. The second-order valence-corrected chi connectivity index (χ2v) is 5.33. The molecule has 0 aromatic heterocycles. The van der Waals surface area contributed by atoms with Crippen LogP contribution in [0.4, 0.5) is 4.39 Å². The molecule has 1 nitrogen and oxygen atoms in total. The third kappa shape index (κ3) is 3.47. The summed E-state index contributed by atoms with van der Waals surface area (Å²) in [7, 11) is 0. The first kappa shape index (κ1) is 14.3. The summed E-state index contributed by atoms with van der Waals surface area (Å²) in [6.45, 7) is 1.88. The van der Waals surface area contributed by atoms with Crippen LogP contribution in [0.25, 0.3) is 0 Å². The minimum absolute atomic E-state index is 0.185. The molecular weight excluding hydrogens is 286 g/mol. The van der Waals surface area contributed by atoms with Gasteiger partial charge in [-0.05, 0) is 47.9 Å². The van der Waals surface area contributed by atoms with Gasteiger partial charge in [-0.25, -0.2) is 4.39 Å². The van der Waals surface area contributed by atoms with Crippen LogP contribution in [-0.4, -0.2) is 5.11 Å². The smallest absolute Gasteiger partial charge is 0.127 e. The Hall–Kier alpha value is -1.09. The normalized spacial score (nSPS) is 12.5. The Morgan fingerprint density at radius 3 is 2.42 bits per heavy atom. The van der Waals surface area contributed by atoms with Crippen molar-refractivity contribution in [1.29, 1.82) is 0 Å². The van der Waals surface area contributed by atoms with Gasteiger partial charge in [-0.1, -0.05) is 35.3 Å². The molecule has 19 heavy (non-hydrogen) atoms. The molecule has 4 heteroatoms. The number of benzene rings is 2. The fraction of sp³-hybridized carbons (Fsp3) is 0.200. The van der Waals surface area contributed by atoms with Gasteiger partial charge in [0, 0.05) is 16.5 Å². The van der Waals surface area contributed by atoms with E-state index < -0.39 is 11.9 Å². The second kappa shape index (κ2) is 5.91. The Morgan fingerprint density at radius 1 is 1.11 bits per heavy atom. The highest BCUT2D eigenvalue weighted by atomic mass is 35.5. The topological polar surface area (TPSA) is 20.2 Å². The summed E-state index contributed by atoms with van der Waals surface area (Å²) < 4.78 is 13.7. The monoisotopic (exact) mass is 298 g/mol. The van der Waals surface area contributed by atoms with Gasteiger partial charge in [-0.15, -0.1) is 0 Å². The second-order valence-electron chi connectivity index (χ2n) is 4.46. The van der Waals surface area contributed by atoms with Crippen molar-refractivity contribution in [2.75, 3.05) is 0 Å². The Balaban J connectivity index is 2.25. The first-order valence-corrected chi connectivity index (χ1v) is 6.61. The van der Waals surface area contributed by atoms with E-state index in [-0.39, 0.29) is 6.42 Å². The van der Waals surface area contributed by atoms with Gasteiger partial charge in [-0.2, -0.15) is 0 Å². The fourth-order valence-electron chi connectivity index (χ4n) is 1.98. The molecule has 2 aromatic carbocycles. The first-order chi connectivity index (χ1) is 8.97. The molecule has 1 N–H and O–H groups in total. The summed E-state index contributed by atoms with van der Waals surface area (Å²) in [5, 5.41) is 11.1. The fourth-order valence-corrected chi connectivity index (χ4v) is 2.32. The molecule has 0 saturated carbocycles. The van der Waals surface area contributed by atoms with Gasteiger partial charge < -0.3 is 5.11 Å². The molecule has 0 aliphatic carbocycles. The molecule has 0 saturated heterocycles. The summed E-state index contributed by atoms with van der Waals surface area (Å²) in [4.78, 5) is 0. The van der Waals surface area contributed by atoms with Gasteiger partial charge in [-0.3, -0.25) is 0 Å². The minimum atomic E-state index is -0.797. The molecule has 0 amide bonds. The highest BCUT2D eigenvalue weighted by Gasteiger charge is 2.14. The van der Waals surface area contributed by atoms with Crippen LogP contribution in [0.15, 0.2) is 36.4 Å². The molecule has 0 fully saturated rings. The zero-order valence-corrected chi connectivity index (χ0v) is 11.8. The molecule has 2 aromatic rings. The lowest BCUT2D eigenvalue weighted by Gasteiger charge is -2.15. The standard InChI is InChI=1S/C15H13Cl2FO/c1-9-2-4-11(16)7-13(9)15(19)6-10-3-5-12(17)8-14(10)18/h2-5,7-8,15,19H,6H2,1H3. The Labute approximate surface area is 121 Å². The number of halogens is 3. The van der Waals surface area contributed by atoms with Crippen molar-refractivity contribution in [1.82, 2.24) is 0 Å². The van der Waals surface area contributed by atoms with Crippen LogP contribution in [0.2, 0.25) is 10.0 Å². The van der Waals surface area contributed by atoms with Crippen molar-refractivity contribution in [3.05, 3.63) is 69.0 Å². The van der Waals surface area contributed by atoms with Gasteiger partial charge in [0.2, 0.25) is 0 Å². The third-order valence-corrected chi connectivity index (χ3v) is 3.50. The van der Waals surface area contributed by atoms with E-state index >= 15 is 0 Å². The minimum Gasteiger partial charge on any atom is -0.388 e. The van der Waals surface area contributed by atoms with Gasteiger partial charge in [0.05, 0.1) is 6.10 Å². The van der Waals surface area contributed by atoms with Crippen LogP contribution in [-0.2, 0) is 6.42 Å². The molecule has 0 aliphatic heterocycles. The van der Waals surface area contributed by atoms with Crippen molar-refractivity contribution >= 4 is 23.2 Å². The van der Waals surface area contributed by atoms with Gasteiger partial charge in [0.1, 0.15) is 5.82 Å². The maximum atomic E-state index is 13.7. The number of aliphatic hydroxyl groups excluding tert-OH is 1. The van der Waals surface area contributed by atoms with Crippen LogP contribution < -0.4 is 0 Å². The van der Waals surface area contributed by atoms with Gasteiger partial charge in [0.15, 0.2) is 0 Å². The molecule has 100 valence electrons. The average Bonchev–Trinajstić information content (AvgIpc) is 2.35. The Bertz CT molecular complexity index is 599. The Kier molecular flexibility index (Phi) is 4.46. The van der Waals surface area contributed by atoms with Crippen LogP contribution >= 0.6 is 23.2 Å². The number of hydrogen-bond acceptors (Lipinski definition) is 1. The lowest BCUT2D eigenvalue weighted by Crippen LogP contribution is -2.05. The number of rotatable bonds is 3. The zero-order valence-electron chi connectivity index (χ0n) is 10.3. The molecule has 1 atom stereocenters. The summed E-state index contributed by atoms with van der Waals surface area (Å²) in [6, 6.07) is 9.73. The van der Waals surface area contributed by atoms with Crippen LogP contribution in [0.3, 0.4) is 0 Å². The summed E-state index contributed by atoms with van der Waals surface area (Å²) in [6.07, 6.45) is -0.612. The van der Waals surface area contributed by atoms with Crippen LogP contribution in [0.5, 0.6) is 0 Å². The van der Waals surface area contributed by atoms with E-state index in [2.05, 4.69) is 0 Å². The maximum absolute atomic E-state index is 13.7. The lowest BCUT2D eigenvalue weighted by molar-refractivity contribution is 0.176. The molecular formula is C15H13Cl2FO. The SMILES string of the molecule is Cc1ccc(Cl)cc1C(O)Cc1ccc(Cl)cc1F. The molecule has 0 radical (unpaired) electrons. The maximum Gasteiger partial charge on any atom is 0.127 e. The summed E-state index contributed by atoms with van der Waals surface area (Å²) in [5.74, 6) is -0.411. The van der Waals surface area contributed by atoms with Crippen LogP contribution in [0.1, 0.15) is 22.8 Å². The van der Waals surface area contributed by atoms with E-state index in [0.29, 0.717) is 21.2 Å². The van der Waals surface area contributed by atoms with Crippen molar-refractivity contribution in [2.24, 2.45) is 0 Å². The van der Waals surface area contributed by atoms with E-state index in [9.17, 15) is 9.50 Å². The molecule has 0 spiro atoms. The van der Waals surface area contributed by atoms with E-state index in [1.54, 1.807) is 24.3 Å². The van der Waals surface area contributed by atoms with Gasteiger partial charge >= 0.3 is 0 Å². The van der Waals surface area contributed by atoms with E-state index in [1.165, 1.54) is 6.07 Å². The molecule has 1 unspecified atom stereocenters. The predicted octanol–water partition coefficient (Wildman–Crippen LogP) is 4.72. The summed E-state index contributed by atoms with van der Waals surface area (Å²) >= 11 is 11.6. The largest absolute Gasteiger partial charge is 0.388 e. The van der Waals surface area contributed by atoms with Gasteiger partial charge in [0.25, 0.3) is 0 Å². The van der Waals surface area contributed by atoms with E-state index in [1.807, 2.05) is 13.0 Å². The van der Waals surface area contributed by atoms with Crippen molar-refractivity contribution in [3.8, 4) is 0 Å². The predicted molar refractivity (Wildman–Crippen MR) is 76.3 cm³/mol. The molecule has 0 aliphatic rings. The first-order valence-electron chi connectivity index (χ1n) is 5.85. The van der Waals surface area contributed by atoms with E-state index in [4.69, 9.17) is 23.2 Å². The van der Waals surface area contributed by atoms with Crippen molar-refractivity contribution < 1.29 is 9.50 Å². The van der Waals surface area contributed by atoms with Crippen LogP contribution in [0, 0.1) is 12.7 Å². The molecule has 2 rings (SSSR count). The van der Waals surface area contributed by atoms with Crippen molar-refractivity contribution in [2.45, 2.75) is 19.4 Å². The molecule has 0 heterocycles. The lowest BCUT2D eigenvalue weighted by atomic mass is 9.97. The average molecular weight is 299 g/mol. The van der Waals surface area contributed by atoms with Crippen molar-refractivity contribution in [3.63, 3.8) is 0 Å². The number of aryl methyl sites for hydroxylation is 1. The Morgan fingerprint density at radius 2 is 1.74 bits per heavy atom. The molecule has 0 bridgehead atoms. The number of hydrogen-bond donors (Lipinski definition) is 1. The van der Waals surface area contributed by atoms with E-state index in [0.717, 1.165) is 5.56 Å². The number of aliphatic hydroxyl groups is 1. The quantitative estimate of drug-likeness (QED) is 0.869. The highest BCUT2D eigenvalue weighted by molar-refractivity contribution is 6.30. The third-order valence-electron chi connectivity index (χ3n) is 3.03. The zero-order chi connectivity index (χ0) is 14.0. The highest BCUT2D eigenvalue weighted by Crippen LogP contribution is 2.26.